The molecule has 166 valence electrons. The van der Waals surface area contributed by atoms with Crippen LogP contribution in [0.3, 0.4) is 0 Å². The van der Waals surface area contributed by atoms with E-state index in [2.05, 4.69) is 11.8 Å². The lowest BCUT2D eigenvalue weighted by Crippen LogP contribution is -2.48. The van der Waals surface area contributed by atoms with Crippen LogP contribution in [-0.2, 0) is 16.1 Å². The van der Waals surface area contributed by atoms with Crippen molar-refractivity contribution in [3.63, 3.8) is 0 Å². The van der Waals surface area contributed by atoms with Gasteiger partial charge in [-0.05, 0) is 56.3 Å². The van der Waals surface area contributed by atoms with E-state index >= 15 is 0 Å². The Kier molecular flexibility index (Phi) is 8.25. The van der Waals surface area contributed by atoms with E-state index in [1.54, 1.807) is 12.1 Å². The molecular formula is C24H36FN3O2. The van der Waals surface area contributed by atoms with Gasteiger partial charge in [-0.3, -0.25) is 14.5 Å². The highest BCUT2D eigenvalue weighted by atomic mass is 19.1. The largest absolute Gasteiger partial charge is 0.346 e. The van der Waals surface area contributed by atoms with Gasteiger partial charge in [-0.25, -0.2) is 4.39 Å². The van der Waals surface area contributed by atoms with E-state index in [9.17, 15) is 14.0 Å². The number of halogens is 1. The quantitative estimate of drug-likeness (QED) is 0.682. The Bertz CT molecular complexity index is 718. The zero-order valence-corrected chi connectivity index (χ0v) is 18.5. The summed E-state index contributed by atoms with van der Waals surface area (Å²) in [5.74, 6) is 0.298. The van der Waals surface area contributed by atoms with Crippen LogP contribution in [0, 0.1) is 17.7 Å². The van der Waals surface area contributed by atoms with Crippen LogP contribution in [0.4, 0.5) is 4.39 Å². The Labute approximate surface area is 180 Å². The van der Waals surface area contributed by atoms with Crippen LogP contribution < -0.4 is 0 Å². The van der Waals surface area contributed by atoms with Crippen molar-refractivity contribution in [3.8, 4) is 0 Å². The predicted molar refractivity (Wildman–Crippen MR) is 116 cm³/mol. The van der Waals surface area contributed by atoms with Gasteiger partial charge in [0.1, 0.15) is 5.82 Å². The van der Waals surface area contributed by atoms with Crippen LogP contribution in [0.2, 0.25) is 0 Å². The number of hydrogen-bond acceptors (Lipinski definition) is 3. The van der Waals surface area contributed by atoms with Crippen LogP contribution in [0.25, 0.3) is 0 Å². The average Bonchev–Trinajstić information content (AvgIpc) is 2.76. The van der Waals surface area contributed by atoms with E-state index in [0.717, 1.165) is 63.7 Å². The van der Waals surface area contributed by atoms with Gasteiger partial charge in [0, 0.05) is 45.7 Å². The van der Waals surface area contributed by atoms with Gasteiger partial charge in [0.2, 0.25) is 11.8 Å². The lowest BCUT2D eigenvalue weighted by atomic mass is 9.92. The van der Waals surface area contributed by atoms with Gasteiger partial charge in [-0.2, -0.15) is 0 Å². The third-order valence-corrected chi connectivity index (χ3v) is 6.53. The Morgan fingerprint density at radius 1 is 1.13 bits per heavy atom. The van der Waals surface area contributed by atoms with Gasteiger partial charge >= 0.3 is 0 Å². The minimum atomic E-state index is -0.213. The molecule has 2 amide bonds. The number of piperidine rings is 2. The number of nitrogens with zero attached hydrogens (tertiary/aromatic N) is 3. The van der Waals surface area contributed by atoms with Crippen LogP contribution in [-0.4, -0.2) is 66.3 Å². The monoisotopic (exact) mass is 417 g/mol. The van der Waals surface area contributed by atoms with Crippen molar-refractivity contribution in [2.45, 2.75) is 52.0 Å². The highest BCUT2D eigenvalue weighted by molar-refractivity contribution is 5.81. The number of unbranched alkanes of at least 4 members (excludes halogenated alkanes) is 1. The summed E-state index contributed by atoms with van der Waals surface area (Å²) < 4.78 is 13.5. The molecular weight excluding hydrogens is 381 g/mol. The second-order valence-corrected chi connectivity index (χ2v) is 8.92. The molecule has 0 saturated carbocycles. The van der Waals surface area contributed by atoms with Crippen molar-refractivity contribution in [1.29, 1.82) is 0 Å². The molecule has 5 nitrogen and oxygen atoms in total. The molecule has 2 saturated heterocycles. The van der Waals surface area contributed by atoms with E-state index < -0.39 is 0 Å². The van der Waals surface area contributed by atoms with Crippen molar-refractivity contribution in [1.82, 2.24) is 14.7 Å². The molecule has 1 aromatic rings. The van der Waals surface area contributed by atoms with Gasteiger partial charge in [-0.1, -0.05) is 25.5 Å². The molecule has 0 radical (unpaired) electrons. The smallest absolute Gasteiger partial charge is 0.226 e. The number of likely N-dealkylation sites (tertiary alicyclic amines) is 2. The standard InChI is InChI=1S/C24H36FN3O2/c1-3-4-12-26(2)23(29)20-10-14-28(15-11-20)24(30)21-8-6-13-27(18-21)17-19-7-5-9-22(25)16-19/h5,7,9,16,20-21H,3-4,6,8,10-15,17-18H2,1-2H3. The Balaban J connectivity index is 1.48. The topological polar surface area (TPSA) is 43.9 Å². The maximum Gasteiger partial charge on any atom is 0.226 e. The maximum atomic E-state index is 13.5. The molecule has 30 heavy (non-hydrogen) atoms. The zero-order valence-electron chi connectivity index (χ0n) is 18.5. The Hall–Kier alpha value is -1.95. The molecule has 2 fully saturated rings. The molecule has 2 aliphatic rings. The number of amides is 2. The lowest BCUT2D eigenvalue weighted by Gasteiger charge is -2.38. The molecule has 0 bridgehead atoms. The van der Waals surface area contributed by atoms with Crippen LogP contribution in [0.1, 0.15) is 51.0 Å². The molecule has 6 heteroatoms. The third kappa shape index (κ3) is 6.03. The minimum absolute atomic E-state index is 0.00629. The molecule has 0 aliphatic carbocycles. The molecule has 0 spiro atoms. The van der Waals surface area contributed by atoms with E-state index in [0.29, 0.717) is 19.6 Å². The molecule has 0 aromatic heterocycles. The first-order valence-corrected chi connectivity index (χ1v) is 11.5. The number of benzene rings is 1. The summed E-state index contributed by atoms with van der Waals surface area (Å²) in [6.45, 7) is 6.66. The molecule has 1 aromatic carbocycles. The minimum Gasteiger partial charge on any atom is -0.346 e. The van der Waals surface area contributed by atoms with Gasteiger partial charge in [0.15, 0.2) is 0 Å². The molecule has 2 heterocycles. The maximum absolute atomic E-state index is 13.5. The van der Waals surface area contributed by atoms with Crippen LogP contribution in [0.15, 0.2) is 24.3 Å². The van der Waals surface area contributed by atoms with E-state index in [1.807, 2.05) is 22.9 Å². The summed E-state index contributed by atoms with van der Waals surface area (Å²) in [6.07, 6.45) is 5.55. The summed E-state index contributed by atoms with van der Waals surface area (Å²) in [4.78, 5) is 31.8. The molecule has 0 N–H and O–H groups in total. The summed E-state index contributed by atoms with van der Waals surface area (Å²) in [5.41, 5.74) is 0.953. The van der Waals surface area contributed by atoms with Crippen molar-refractivity contribution >= 4 is 11.8 Å². The molecule has 1 unspecified atom stereocenters. The van der Waals surface area contributed by atoms with Gasteiger partial charge in [0.05, 0.1) is 5.92 Å². The van der Waals surface area contributed by atoms with Crippen LogP contribution >= 0.6 is 0 Å². The summed E-state index contributed by atoms with van der Waals surface area (Å²) in [6, 6.07) is 6.71. The predicted octanol–water partition coefficient (Wildman–Crippen LogP) is 3.53. The average molecular weight is 418 g/mol. The number of rotatable bonds is 7. The normalized spacial score (nSPS) is 20.9. The van der Waals surface area contributed by atoms with Gasteiger partial charge < -0.3 is 9.80 Å². The number of hydrogen-bond donors (Lipinski definition) is 0. The van der Waals surface area contributed by atoms with E-state index in [-0.39, 0.29) is 29.5 Å². The molecule has 1 atom stereocenters. The summed E-state index contributed by atoms with van der Waals surface area (Å²) in [7, 11) is 1.89. The van der Waals surface area contributed by atoms with Crippen molar-refractivity contribution in [3.05, 3.63) is 35.6 Å². The highest BCUT2D eigenvalue weighted by Crippen LogP contribution is 2.25. The first-order chi connectivity index (χ1) is 14.5. The number of carbonyl (C=O) groups is 2. The second kappa shape index (κ2) is 10.9. The summed E-state index contributed by atoms with van der Waals surface area (Å²) in [5, 5.41) is 0. The number of carbonyl (C=O) groups excluding carboxylic acids is 2. The fourth-order valence-corrected chi connectivity index (χ4v) is 4.72. The Morgan fingerprint density at radius 2 is 1.90 bits per heavy atom. The van der Waals surface area contributed by atoms with Gasteiger partial charge in [-0.15, -0.1) is 0 Å². The van der Waals surface area contributed by atoms with Gasteiger partial charge in [0.25, 0.3) is 0 Å². The van der Waals surface area contributed by atoms with E-state index in [4.69, 9.17) is 0 Å². The first kappa shape index (κ1) is 22.7. The highest BCUT2D eigenvalue weighted by Gasteiger charge is 2.33. The first-order valence-electron chi connectivity index (χ1n) is 11.5. The Morgan fingerprint density at radius 3 is 2.60 bits per heavy atom. The third-order valence-electron chi connectivity index (χ3n) is 6.53. The fourth-order valence-electron chi connectivity index (χ4n) is 4.72. The van der Waals surface area contributed by atoms with Crippen molar-refractivity contribution in [2.75, 3.05) is 39.8 Å². The fraction of sp³-hybridized carbons (Fsp3) is 0.667. The van der Waals surface area contributed by atoms with Crippen LogP contribution in [0.5, 0.6) is 0 Å². The van der Waals surface area contributed by atoms with Crippen molar-refractivity contribution in [2.24, 2.45) is 11.8 Å². The zero-order chi connectivity index (χ0) is 21.5. The molecule has 2 aliphatic heterocycles. The second-order valence-electron chi connectivity index (χ2n) is 8.92. The lowest BCUT2D eigenvalue weighted by molar-refractivity contribution is -0.143. The summed E-state index contributed by atoms with van der Waals surface area (Å²) >= 11 is 0. The molecule has 3 rings (SSSR count). The van der Waals surface area contributed by atoms with Crippen molar-refractivity contribution < 1.29 is 14.0 Å². The SMILES string of the molecule is CCCCN(C)C(=O)C1CCN(C(=O)C2CCCN(Cc3cccc(F)c3)C2)CC1. The van der Waals surface area contributed by atoms with E-state index in [1.165, 1.54) is 6.07 Å².